The summed E-state index contributed by atoms with van der Waals surface area (Å²) in [7, 11) is 4.03. The van der Waals surface area contributed by atoms with Gasteiger partial charge in [0.15, 0.2) is 0 Å². The van der Waals surface area contributed by atoms with E-state index in [-0.39, 0.29) is 0 Å². The van der Waals surface area contributed by atoms with E-state index in [2.05, 4.69) is 16.7 Å². The Hall–Kier alpha value is -1.50. The Morgan fingerprint density at radius 2 is 2.06 bits per heavy atom. The summed E-state index contributed by atoms with van der Waals surface area (Å²) in [6, 6.07) is 7.75. The van der Waals surface area contributed by atoms with Crippen LogP contribution in [-0.4, -0.2) is 38.7 Å². The van der Waals surface area contributed by atoms with Crippen molar-refractivity contribution in [3.05, 3.63) is 29.8 Å². The molecule has 0 bridgehead atoms. The number of hydrogen-bond donors (Lipinski definition) is 1. The van der Waals surface area contributed by atoms with Gasteiger partial charge < -0.3 is 15.4 Å². The van der Waals surface area contributed by atoms with Gasteiger partial charge in [-0.3, -0.25) is 0 Å². The lowest BCUT2D eigenvalue weighted by Gasteiger charge is -2.11. The predicted molar refractivity (Wildman–Crippen MR) is 66.4 cm³/mol. The average molecular weight is 218 g/mol. The molecular formula is C13H18N2O. The fourth-order valence-corrected chi connectivity index (χ4v) is 1.18. The maximum atomic E-state index is 5.66. The molecule has 0 saturated heterocycles. The van der Waals surface area contributed by atoms with Crippen molar-refractivity contribution >= 4 is 0 Å². The highest BCUT2D eigenvalue weighted by Crippen LogP contribution is 2.16. The molecule has 2 N–H and O–H groups in total. The average Bonchev–Trinajstić information content (AvgIpc) is 2.27. The molecule has 0 aliphatic carbocycles. The van der Waals surface area contributed by atoms with Gasteiger partial charge in [-0.15, -0.1) is 0 Å². The number of likely N-dealkylation sites (N-methyl/N-ethyl adjacent to an activating group) is 1. The van der Waals surface area contributed by atoms with E-state index in [1.54, 1.807) is 0 Å². The summed E-state index contributed by atoms with van der Waals surface area (Å²) in [6.07, 6.45) is 0. The summed E-state index contributed by atoms with van der Waals surface area (Å²) in [5.41, 5.74) is 6.24. The van der Waals surface area contributed by atoms with Crippen LogP contribution in [0, 0.1) is 11.8 Å². The molecule has 0 fully saturated rings. The summed E-state index contributed by atoms with van der Waals surface area (Å²) >= 11 is 0. The lowest BCUT2D eigenvalue weighted by atomic mass is 10.2. The molecule has 0 atom stereocenters. The number of ether oxygens (including phenoxy) is 1. The van der Waals surface area contributed by atoms with Crippen molar-refractivity contribution < 1.29 is 4.74 Å². The Morgan fingerprint density at radius 1 is 1.31 bits per heavy atom. The first-order chi connectivity index (χ1) is 7.74. The Balaban J connectivity index is 2.64. The third-order valence-corrected chi connectivity index (χ3v) is 2.01. The van der Waals surface area contributed by atoms with E-state index >= 15 is 0 Å². The zero-order valence-electron chi connectivity index (χ0n) is 9.86. The number of nitrogens with two attached hydrogens (primary N) is 1. The Morgan fingerprint density at radius 3 is 2.75 bits per heavy atom. The smallest absolute Gasteiger partial charge is 0.134 e. The van der Waals surface area contributed by atoms with Gasteiger partial charge in [0.25, 0.3) is 0 Å². The SMILES string of the molecule is CN(C)CCOc1ccccc1C#CCN. The van der Waals surface area contributed by atoms with Crippen LogP contribution in [0.25, 0.3) is 0 Å². The highest BCUT2D eigenvalue weighted by atomic mass is 16.5. The summed E-state index contributed by atoms with van der Waals surface area (Å²) < 4.78 is 5.66. The first kappa shape index (κ1) is 12.6. The zero-order chi connectivity index (χ0) is 11.8. The van der Waals surface area contributed by atoms with Gasteiger partial charge in [-0.1, -0.05) is 24.0 Å². The molecule has 0 heterocycles. The molecule has 86 valence electrons. The van der Waals surface area contributed by atoms with Gasteiger partial charge in [0, 0.05) is 6.54 Å². The van der Waals surface area contributed by atoms with E-state index in [1.165, 1.54) is 0 Å². The van der Waals surface area contributed by atoms with Crippen LogP contribution in [-0.2, 0) is 0 Å². The van der Waals surface area contributed by atoms with Crippen LogP contribution >= 0.6 is 0 Å². The Bertz CT molecular complexity index is 377. The lowest BCUT2D eigenvalue weighted by molar-refractivity contribution is 0.261. The van der Waals surface area contributed by atoms with Crippen LogP contribution in [0.15, 0.2) is 24.3 Å². The molecule has 0 radical (unpaired) electrons. The molecular weight excluding hydrogens is 200 g/mol. The van der Waals surface area contributed by atoms with Gasteiger partial charge in [-0.2, -0.15) is 0 Å². The van der Waals surface area contributed by atoms with Gasteiger partial charge in [-0.05, 0) is 26.2 Å². The van der Waals surface area contributed by atoms with E-state index in [4.69, 9.17) is 10.5 Å². The maximum absolute atomic E-state index is 5.66. The molecule has 16 heavy (non-hydrogen) atoms. The molecule has 0 saturated carbocycles. The van der Waals surface area contributed by atoms with E-state index in [0.29, 0.717) is 13.2 Å². The minimum absolute atomic E-state index is 0.367. The van der Waals surface area contributed by atoms with Crippen LogP contribution in [0.1, 0.15) is 5.56 Å². The summed E-state index contributed by atoms with van der Waals surface area (Å²) in [5, 5.41) is 0. The lowest BCUT2D eigenvalue weighted by Crippen LogP contribution is -2.19. The van der Waals surface area contributed by atoms with Gasteiger partial charge in [-0.25, -0.2) is 0 Å². The second-order valence-electron chi connectivity index (χ2n) is 3.65. The molecule has 0 aliphatic rings. The third kappa shape index (κ3) is 4.35. The summed E-state index contributed by atoms with van der Waals surface area (Å²) in [6.45, 7) is 1.92. The van der Waals surface area contributed by atoms with Crippen molar-refractivity contribution in [2.75, 3.05) is 33.8 Å². The second-order valence-corrected chi connectivity index (χ2v) is 3.65. The third-order valence-electron chi connectivity index (χ3n) is 2.01. The van der Waals surface area contributed by atoms with Gasteiger partial charge in [0.2, 0.25) is 0 Å². The van der Waals surface area contributed by atoms with Gasteiger partial charge >= 0.3 is 0 Å². The minimum Gasteiger partial charge on any atom is -0.491 e. The molecule has 0 unspecified atom stereocenters. The molecule has 0 aromatic heterocycles. The largest absolute Gasteiger partial charge is 0.491 e. The fourth-order valence-electron chi connectivity index (χ4n) is 1.18. The Labute approximate surface area is 97.2 Å². The van der Waals surface area contributed by atoms with E-state index in [1.807, 2.05) is 38.4 Å². The molecule has 1 aromatic carbocycles. The number of para-hydroxylation sites is 1. The van der Waals surface area contributed by atoms with Crippen molar-refractivity contribution in [3.63, 3.8) is 0 Å². The van der Waals surface area contributed by atoms with E-state index in [0.717, 1.165) is 17.9 Å². The number of hydrogen-bond acceptors (Lipinski definition) is 3. The number of rotatable bonds is 4. The van der Waals surface area contributed by atoms with Crippen LogP contribution in [0.4, 0.5) is 0 Å². The monoisotopic (exact) mass is 218 g/mol. The van der Waals surface area contributed by atoms with E-state index < -0.39 is 0 Å². The standard InChI is InChI=1S/C13H18N2O/c1-15(2)10-11-16-13-8-4-3-6-12(13)7-5-9-14/h3-4,6,8H,9-11,14H2,1-2H3. The van der Waals surface area contributed by atoms with Gasteiger partial charge in [0.05, 0.1) is 12.1 Å². The first-order valence-corrected chi connectivity index (χ1v) is 5.29. The molecule has 1 aromatic rings. The number of nitrogens with zero attached hydrogens (tertiary/aromatic N) is 1. The number of benzene rings is 1. The fraction of sp³-hybridized carbons (Fsp3) is 0.385. The molecule has 0 amide bonds. The molecule has 1 rings (SSSR count). The van der Waals surface area contributed by atoms with Crippen molar-refractivity contribution in [1.82, 2.24) is 4.90 Å². The second kappa shape index (κ2) is 6.89. The first-order valence-electron chi connectivity index (χ1n) is 5.29. The molecule has 3 heteroatoms. The predicted octanol–water partition coefficient (Wildman–Crippen LogP) is 0.937. The topological polar surface area (TPSA) is 38.5 Å². The van der Waals surface area contributed by atoms with Crippen molar-refractivity contribution in [3.8, 4) is 17.6 Å². The van der Waals surface area contributed by atoms with Crippen LogP contribution in [0.3, 0.4) is 0 Å². The Kier molecular flexibility index (Phi) is 5.41. The molecule has 0 spiro atoms. The molecule has 3 nitrogen and oxygen atoms in total. The highest BCUT2D eigenvalue weighted by Gasteiger charge is 1.99. The van der Waals surface area contributed by atoms with E-state index in [9.17, 15) is 0 Å². The van der Waals surface area contributed by atoms with Crippen LogP contribution in [0.5, 0.6) is 5.75 Å². The van der Waals surface area contributed by atoms with Crippen molar-refractivity contribution in [2.24, 2.45) is 5.73 Å². The van der Waals surface area contributed by atoms with Crippen LogP contribution in [0.2, 0.25) is 0 Å². The van der Waals surface area contributed by atoms with Crippen molar-refractivity contribution in [1.29, 1.82) is 0 Å². The highest BCUT2D eigenvalue weighted by molar-refractivity contribution is 5.45. The minimum atomic E-state index is 0.367. The van der Waals surface area contributed by atoms with Crippen LogP contribution < -0.4 is 10.5 Å². The quantitative estimate of drug-likeness (QED) is 0.764. The summed E-state index contributed by atoms with van der Waals surface area (Å²) in [5.74, 6) is 6.65. The maximum Gasteiger partial charge on any atom is 0.134 e. The molecule has 0 aliphatic heterocycles. The van der Waals surface area contributed by atoms with Crippen molar-refractivity contribution in [2.45, 2.75) is 0 Å². The normalized spacial score (nSPS) is 9.75. The van der Waals surface area contributed by atoms with Gasteiger partial charge in [0.1, 0.15) is 12.4 Å². The zero-order valence-corrected chi connectivity index (χ0v) is 9.86. The summed E-state index contributed by atoms with van der Waals surface area (Å²) in [4.78, 5) is 2.08.